The summed E-state index contributed by atoms with van der Waals surface area (Å²) in [6.45, 7) is 21.1. The maximum Gasteiger partial charge on any atom is 0.332 e. The number of benzene rings is 2. The number of ether oxygens (including phenoxy) is 8. The average Bonchev–Trinajstić information content (AvgIpc) is 1.66. The fourth-order valence-electron chi connectivity index (χ4n) is 8.80. The molecule has 3 N–H and O–H groups in total. The quantitative estimate of drug-likeness (QED) is 0.0196. The van der Waals surface area contributed by atoms with E-state index >= 15 is 0 Å². The predicted octanol–water partition coefficient (Wildman–Crippen LogP) is 9.25. The molecule has 0 aliphatic rings. The number of nitrogens with zero attached hydrogens (tertiary/aromatic N) is 6. The Bertz CT molecular complexity index is 3330. The lowest BCUT2D eigenvalue weighted by Crippen LogP contribution is -2.22. The molecular formula is C61H87N9O16S. The smallest absolute Gasteiger partial charge is 0.332 e. The van der Waals surface area contributed by atoms with Crippen LogP contribution in [0.3, 0.4) is 0 Å². The number of hydrogen-bond acceptors (Lipinski definition) is 21. The van der Waals surface area contributed by atoms with Gasteiger partial charge in [0.25, 0.3) is 11.8 Å². The van der Waals surface area contributed by atoms with Gasteiger partial charge < -0.3 is 57.7 Å². The molecule has 0 aliphatic heterocycles. The van der Waals surface area contributed by atoms with Gasteiger partial charge in [0.15, 0.2) is 11.6 Å². The highest BCUT2D eigenvalue weighted by Crippen LogP contribution is 2.34. The van der Waals surface area contributed by atoms with Crippen molar-refractivity contribution in [1.29, 1.82) is 4.78 Å². The molecule has 0 saturated heterocycles. The molecule has 0 fully saturated rings. The number of pyridine rings is 2. The van der Waals surface area contributed by atoms with Gasteiger partial charge in [-0.15, -0.1) is 0 Å². The Morgan fingerprint density at radius 3 is 1.44 bits per heavy atom. The molecule has 478 valence electrons. The molecule has 4 aromatic heterocycles. The van der Waals surface area contributed by atoms with Gasteiger partial charge >= 0.3 is 34.4 Å². The highest BCUT2D eigenvalue weighted by Gasteiger charge is 2.25. The van der Waals surface area contributed by atoms with Gasteiger partial charge in [-0.2, -0.15) is 13.2 Å². The molecule has 6 aromatic rings. The largest absolute Gasteiger partial charge is 0.467 e. The number of imidazole rings is 2. The number of aromatic nitrogens is 6. The van der Waals surface area contributed by atoms with Crippen LogP contribution in [-0.2, 0) is 103 Å². The van der Waals surface area contributed by atoms with Crippen LogP contribution in [0.1, 0.15) is 132 Å². The van der Waals surface area contributed by atoms with E-state index in [9.17, 15) is 28.8 Å². The van der Waals surface area contributed by atoms with E-state index in [-0.39, 0.29) is 88.7 Å². The van der Waals surface area contributed by atoms with E-state index in [4.69, 9.17) is 61.3 Å². The van der Waals surface area contributed by atoms with E-state index in [1.54, 1.807) is 0 Å². The molecule has 2 aromatic carbocycles. The summed E-state index contributed by atoms with van der Waals surface area (Å²) in [5, 5.41) is 7.52. The fraction of sp³-hybridized carbons (Fsp3) is 0.574. The Kier molecular flexibility index (Phi) is 30.8. The van der Waals surface area contributed by atoms with Crippen molar-refractivity contribution >= 4 is 102 Å². The number of hydrogen-bond donors (Lipinski definition) is 3. The van der Waals surface area contributed by atoms with Crippen molar-refractivity contribution < 1.29 is 75.1 Å². The number of carbonyl (C=O) groups excluding carboxylic acids is 6. The molecule has 6 rings (SSSR count). The van der Waals surface area contributed by atoms with Gasteiger partial charge in [-0.1, -0.05) is 111 Å². The highest BCUT2D eigenvalue weighted by molar-refractivity contribution is 7.60. The zero-order valence-electron chi connectivity index (χ0n) is 52.0. The van der Waals surface area contributed by atoms with Crippen molar-refractivity contribution in [2.45, 2.75) is 146 Å². The number of esters is 4. The van der Waals surface area contributed by atoms with Gasteiger partial charge in [0.05, 0.1) is 49.0 Å². The maximum absolute atomic E-state index is 12.9. The summed E-state index contributed by atoms with van der Waals surface area (Å²) in [4.78, 5) is 91.1. The van der Waals surface area contributed by atoms with Crippen LogP contribution in [0.5, 0.6) is 0 Å². The number of aryl methyl sites for hydroxylation is 1. The Morgan fingerprint density at radius 2 is 0.977 bits per heavy atom. The van der Waals surface area contributed by atoms with Crippen molar-refractivity contribution in [2.75, 3.05) is 83.8 Å². The van der Waals surface area contributed by atoms with Crippen molar-refractivity contribution in [3.63, 3.8) is 0 Å². The lowest BCUT2D eigenvalue weighted by atomic mass is 9.96. The van der Waals surface area contributed by atoms with Crippen LogP contribution in [0.2, 0.25) is 0 Å². The third-order valence-corrected chi connectivity index (χ3v) is 12.5. The van der Waals surface area contributed by atoms with E-state index < -0.39 is 34.3 Å². The first-order chi connectivity index (χ1) is 41.5. The predicted molar refractivity (Wildman–Crippen MR) is 327 cm³/mol. The summed E-state index contributed by atoms with van der Waals surface area (Å²) in [7, 11) is -1.35. The lowest BCUT2D eigenvalue weighted by Gasteiger charge is -2.21. The molecule has 4 heterocycles. The molecule has 2 amide bonds. The molecule has 0 unspecified atom stereocenters. The topological polar surface area (TPSA) is 320 Å². The Hall–Kier alpha value is -7.52. The van der Waals surface area contributed by atoms with Crippen molar-refractivity contribution in [2.24, 2.45) is 10.8 Å². The normalized spacial score (nSPS) is 11.4. The number of amides is 2. The second-order valence-corrected chi connectivity index (χ2v) is 22.9. The van der Waals surface area contributed by atoms with Crippen molar-refractivity contribution in [3.8, 4) is 0 Å². The molecule has 87 heavy (non-hydrogen) atoms. The second kappa shape index (κ2) is 37.2. The molecule has 0 radical (unpaired) electrons. The number of unbranched alkanes of at least 4 members (excludes halogenated alkanes) is 5. The third-order valence-electron chi connectivity index (χ3n) is 12.5. The van der Waals surface area contributed by atoms with Crippen LogP contribution < -0.4 is 10.6 Å². The standard InChI is InChI=1S/C39H58N4O10.C22H28N4O4.HNO2S/c1-6-8-9-11-18-33(45)52-23-21-49-22-24-53-34(46)19-12-10-15-20-51-35(47)27-50-26-32(44)42-38-36-37(29-16-13-14-17-30(29)40-38)43(28-39(3,4)5)31(41-36)25-48-7-2;1-6-16-24-19-20(26(16)13-22(2,3)4)14-9-7-8-10-15(14)23-21(19)25-17(27)11-30-12-18(28)29-5;1-4(2)3/h13-14,16-17H,6-12,15,18-28H2,1-5H3,(H,40,42,44);7-10H,6,11-13H2,1-5H3,(H,23,25,27);1H. The zero-order chi connectivity index (χ0) is 63.9. The molecule has 0 aliphatic carbocycles. The van der Waals surface area contributed by atoms with Gasteiger partial charge in [0, 0.05) is 49.7 Å². The minimum atomic E-state index is -2.61. The first kappa shape index (κ1) is 72.0. The molecule has 0 spiro atoms. The van der Waals surface area contributed by atoms with Gasteiger partial charge in [0.2, 0.25) is 0 Å². The number of rotatable bonds is 33. The van der Waals surface area contributed by atoms with Gasteiger partial charge in [-0.25, -0.2) is 29.5 Å². The summed E-state index contributed by atoms with van der Waals surface area (Å²) in [6, 6.07) is 15.5. The van der Waals surface area contributed by atoms with Crippen LogP contribution in [0.4, 0.5) is 11.6 Å². The molecule has 0 atom stereocenters. The van der Waals surface area contributed by atoms with Crippen LogP contribution in [-0.4, -0.2) is 146 Å². The number of para-hydroxylation sites is 2. The molecule has 0 saturated carbocycles. The number of carbonyl (C=O) groups is 6. The number of nitrogens with one attached hydrogen (secondary N) is 3. The Balaban J connectivity index is 0.000000399. The monoisotopic (exact) mass is 1230 g/mol. The molecule has 25 nitrogen and oxygen atoms in total. The maximum atomic E-state index is 12.9. The van der Waals surface area contributed by atoms with Gasteiger partial charge in [-0.3, -0.25) is 19.2 Å². The van der Waals surface area contributed by atoms with Crippen molar-refractivity contribution in [1.82, 2.24) is 29.1 Å². The number of anilines is 2. The zero-order valence-corrected chi connectivity index (χ0v) is 52.8. The first-order valence-corrected chi connectivity index (χ1v) is 30.4. The third kappa shape index (κ3) is 25.8. The number of methoxy groups -OCH3 is 1. The summed E-state index contributed by atoms with van der Waals surface area (Å²) >= 11 is 0. The summed E-state index contributed by atoms with van der Waals surface area (Å²) in [6.07, 6.45) is 7.34. The number of fused-ring (bicyclic) bond motifs is 6. The highest BCUT2D eigenvalue weighted by atomic mass is 32.2. The van der Waals surface area contributed by atoms with E-state index in [1.165, 1.54) is 7.11 Å². The first-order valence-electron chi connectivity index (χ1n) is 29.3. The van der Waals surface area contributed by atoms with Crippen molar-refractivity contribution in [3.05, 3.63) is 60.2 Å². The van der Waals surface area contributed by atoms with E-state index in [0.29, 0.717) is 73.6 Å². The van der Waals surface area contributed by atoms with E-state index in [0.717, 1.165) is 77.6 Å². The van der Waals surface area contributed by atoms with Crippen LogP contribution in [0.25, 0.3) is 43.9 Å². The minimum Gasteiger partial charge on any atom is -0.467 e. The summed E-state index contributed by atoms with van der Waals surface area (Å²) in [5.41, 5.74) is 4.50. The van der Waals surface area contributed by atoms with Crippen LogP contribution in [0.15, 0.2) is 48.5 Å². The average molecular weight is 1230 g/mol. The summed E-state index contributed by atoms with van der Waals surface area (Å²) in [5.74, 6) is -0.198. The molecule has 26 heteroatoms. The van der Waals surface area contributed by atoms with Gasteiger partial charge in [0.1, 0.15) is 68.9 Å². The Morgan fingerprint density at radius 1 is 0.529 bits per heavy atom. The second-order valence-electron chi connectivity index (χ2n) is 22.5. The molecular weight excluding hydrogens is 1150 g/mol. The van der Waals surface area contributed by atoms with Gasteiger partial charge in [-0.05, 0) is 55.6 Å². The SMILES string of the molecule is CCCCCCC(=O)OCCOCCOC(=O)CCCCCOC(=O)COCC(=O)Nc1nc2ccccc2c2c1nc(COCC)n2CC(C)(C)C.CCc1nc2c(NC(=O)COCC(=O)OC)nc3ccccc3c2n1CC(C)(C)C.N=S(=O)=O. The minimum absolute atomic E-state index is 0.0487. The summed E-state index contributed by atoms with van der Waals surface area (Å²) < 4.78 is 68.7. The van der Waals surface area contributed by atoms with E-state index in [1.807, 2.05) is 55.5 Å². The lowest BCUT2D eigenvalue weighted by molar-refractivity contribution is -0.150. The van der Waals surface area contributed by atoms with E-state index in [2.05, 4.69) is 84.9 Å². The molecule has 0 bridgehead atoms. The Labute approximate surface area is 509 Å². The van der Waals surface area contributed by atoms with Crippen LogP contribution >= 0.6 is 0 Å². The fourth-order valence-corrected chi connectivity index (χ4v) is 8.80. The van der Waals surface area contributed by atoms with Crippen LogP contribution in [0, 0.1) is 15.6 Å².